The number of ketones is 3. The van der Waals surface area contributed by atoms with E-state index in [9.17, 15) is 44.1 Å². The number of ether oxygens (including phenoxy) is 5. The van der Waals surface area contributed by atoms with E-state index in [0.717, 1.165) is 42.2 Å². The third kappa shape index (κ3) is 17.4. The average Bonchev–Trinajstić information content (AvgIpc) is 3.64. The second-order valence-corrected chi connectivity index (χ2v) is 24.0. The summed E-state index contributed by atoms with van der Waals surface area (Å²) >= 11 is 0. The van der Waals surface area contributed by atoms with Crippen molar-refractivity contribution in [2.24, 2.45) is 35.3 Å². The lowest BCUT2D eigenvalue weighted by Crippen LogP contribution is -2.61. The van der Waals surface area contributed by atoms with Crippen molar-refractivity contribution in [3.05, 3.63) is 65.6 Å². The lowest BCUT2D eigenvalue weighted by atomic mass is 9.80. The van der Waals surface area contributed by atoms with Crippen LogP contribution < -0.4 is 10.6 Å². The Hall–Kier alpha value is -5.26. The van der Waals surface area contributed by atoms with Crippen LogP contribution in [0.15, 0.2) is 60.0 Å². The van der Waals surface area contributed by atoms with E-state index in [2.05, 4.69) is 26.8 Å². The Morgan fingerprint density at radius 3 is 2.24 bits per heavy atom. The molecule has 0 radical (unpaired) electrons. The summed E-state index contributed by atoms with van der Waals surface area (Å²) in [6.07, 6.45) is 10.8. The van der Waals surface area contributed by atoms with Crippen molar-refractivity contribution < 1.29 is 67.8 Å². The Morgan fingerprint density at radius 2 is 1.56 bits per heavy atom. The molecule has 1 saturated carbocycles. The number of aliphatic hydroxyl groups excluding tert-OH is 2. The number of piperidine rings is 1. The highest BCUT2D eigenvalue weighted by Gasteiger charge is 2.53. The number of fused-ring (bicyclic) bond motifs is 3. The molecule has 2 amide bonds. The molecule has 82 heavy (non-hydrogen) atoms. The molecule has 15 atom stereocenters. The molecular formula is C61H93N7O14. The fourth-order valence-electron chi connectivity index (χ4n) is 11.9. The monoisotopic (exact) mass is 1150 g/mol. The quantitative estimate of drug-likeness (QED) is 0.143. The summed E-state index contributed by atoms with van der Waals surface area (Å²) in [5, 5.41) is 34.4. The SMILES string of the molecule is CO[C@H]1C[C@@H]2CC[C@@H](C)[C@@](O)(O2)C(=O)C(=O)N2CCCC[C@H]2C(=O)O[C@H]([C@H](N)C[C@@H]2CC[C@@H](OC(=O)N(C)Cc3cnc(N4CCN(C)CC4)nc3)[C@H](OC)C2)CC(=O)[C@H](C)/C=C(\C)[C@@H](O)[C@@H](O)C(=O)C(C)C[C@H](C)/C=C/C=C/C=C/1C. The molecule has 4 fully saturated rings. The van der Waals surface area contributed by atoms with Gasteiger partial charge in [0, 0.05) is 109 Å². The molecule has 21 heteroatoms. The van der Waals surface area contributed by atoms with E-state index in [-0.39, 0.29) is 56.2 Å². The molecule has 5 N–H and O–H groups in total. The number of aromatic nitrogens is 2. The highest BCUT2D eigenvalue weighted by molar-refractivity contribution is 6.39. The maximum Gasteiger partial charge on any atom is 0.410 e. The van der Waals surface area contributed by atoms with E-state index in [1.165, 1.54) is 25.0 Å². The molecule has 1 aliphatic carbocycles. The molecule has 2 bridgehead atoms. The minimum Gasteiger partial charge on any atom is -0.459 e. The van der Waals surface area contributed by atoms with Crippen molar-refractivity contribution in [1.82, 2.24) is 24.7 Å². The number of cyclic esters (lactones) is 1. The van der Waals surface area contributed by atoms with Crippen molar-refractivity contribution in [1.29, 1.82) is 0 Å². The minimum atomic E-state index is -2.49. The number of methoxy groups -OCH3 is 2. The number of esters is 1. The number of Topliss-reactive ketones (excluding diaryl/α,β-unsaturated/α-hetero) is 3. The van der Waals surface area contributed by atoms with E-state index < -0.39 is 114 Å². The lowest BCUT2D eigenvalue weighted by Gasteiger charge is -2.42. The zero-order valence-electron chi connectivity index (χ0n) is 50.0. The standard InChI is InChI=1S/C61H93N7O14/c1-37-16-12-11-13-17-38(2)50(78-9)32-45-21-19-42(6)61(77,82-45)56(73)57(74)68-23-15-14-18-47(68)58(75)80-51(33-48(69)39(3)29-41(5)54(71)55(72)53(70)40(4)28-37)46(62)30-43-20-22-49(52(31-43)79-10)81-60(76)66(8)36-44-34-63-59(64-35-44)67-26-24-65(7)25-27-67/h11-13,16-17,29,34-35,37,39-40,42-43,45-47,49-52,54-55,71-72,77H,14-15,18-28,30-33,36,62H2,1-10H3/b13-11+,16-12+,38-17+,41-29+/t37-,39-,40?,42-,43+,45+,46-,47+,49-,50+,51+,52-,54-,55+,61-/m1/s1. The second kappa shape index (κ2) is 30.5. The van der Waals surface area contributed by atoms with Gasteiger partial charge in [0.2, 0.25) is 11.7 Å². The van der Waals surface area contributed by atoms with Crippen LogP contribution in [0.5, 0.6) is 0 Å². The zero-order valence-corrected chi connectivity index (χ0v) is 50.0. The zero-order chi connectivity index (χ0) is 60.0. The second-order valence-electron chi connectivity index (χ2n) is 24.0. The Balaban J connectivity index is 1.20. The van der Waals surface area contributed by atoms with Crippen molar-refractivity contribution in [3.8, 4) is 0 Å². The number of carbonyl (C=O) groups is 6. The maximum absolute atomic E-state index is 14.6. The number of piperazine rings is 1. The molecule has 1 unspecified atom stereocenters. The van der Waals surface area contributed by atoms with Crippen LogP contribution in [0.3, 0.4) is 0 Å². The number of amides is 2. The van der Waals surface area contributed by atoms with Gasteiger partial charge in [-0.15, -0.1) is 0 Å². The van der Waals surface area contributed by atoms with Crippen LogP contribution in [-0.2, 0) is 54.2 Å². The van der Waals surface area contributed by atoms with Crippen LogP contribution >= 0.6 is 0 Å². The maximum atomic E-state index is 14.6. The molecule has 6 rings (SSSR count). The number of rotatable bonds is 9. The van der Waals surface area contributed by atoms with Gasteiger partial charge in [-0.05, 0) is 108 Å². The summed E-state index contributed by atoms with van der Waals surface area (Å²) in [6, 6.07) is -2.20. The average molecular weight is 1150 g/mol. The molecule has 0 spiro atoms. The summed E-state index contributed by atoms with van der Waals surface area (Å²) in [4.78, 5) is 101. The molecular weight excluding hydrogens is 1050 g/mol. The summed E-state index contributed by atoms with van der Waals surface area (Å²) in [7, 11) is 6.82. The van der Waals surface area contributed by atoms with E-state index in [4.69, 9.17) is 29.4 Å². The van der Waals surface area contributed by atoms with Gasteiger partial charge in [-0.1, -0.05) is 64.2 Å². The molecule has 456 valence electrons. The van der Waals surface area contributed by atoms with E-state index in [1.807, 2.05) is 44.2 Å². The normalized spacial score (nSPS) is 35.7. The predicted molar refractivity (Wildman–Crippen MR) is 307 cm³/mol. The third-order valence-electron chi connectivity index (χ3n) is 17.4. The van der Waals surface area contributed by atoms with Crippen LogP contribution in [-0.4, -0.2) is 197 Å². The molecule has 21 nitrogen and oxygen atoms in total. The van der Waals surface area contributed by atoms with Gasteiger partial charge in [0.1, 0.15) is 36.2 Å². The first kappa shape index (κ1) is 65.9. The minimum absolute atomic E-state index is 0.0164. The van der Waals surface area contributed by atoms with Crippen LogP contribution in [0.25, 0.3) is 0 Å². The first-order valence-electron chi connectivity index (χ1n) is 29.5. The van der Waals surface area contributed by atoms with E-state index in [0.29, 0.717) is 57.3 Å². The molecule has 1 aromatic rings. The Kier molecular flexibility index (Phi) is 24.5. The Morgan fingerprint density at radius 1 is 0.854 bits per heavy atom. The molecule has 4 aliphatic heterocycles. The molecule has 5 heterocycles. The van der Waals surface area contributed by atoms with Gasteiger partial charge in [-0.2, -0.15) is 0 Å². The van der Waals surface area contributed by atoms with Gasteiger partial charge >= 0.3 is 12.1 Å². The van der Waals surface area contributed by atoms with Crippen molar-refractivity contribution >= 4 is 41.3 Å². The van der Waals surface area contributed by atoms with Gasteiger partial charge in [0.25, 0.3) is 11.7 Å². The molecule has 0 aromatic carbocycles. The van der Waals surface area contributed by atoms with E-state index in [1.54, 1.807) is 47.3 Å². The largest absolute Gasteiger partial charge is 0.459 e. The number of likely N-dealkylation sites (N-methyl/N-ethyl adjacent to an activating group) is 1. The Labute approximate surface area is 484 Å². The molecule has 3 saturated heterocycles. The topological polar surface area (TPSA) is 274 Å². The third-order valence-corrected chi connectivity index (χ3v) is 17.4. The first-order valence-corrected chi connectivity index (χ1v) is 29.5. The number of nitrogens with zero attached hydrogens (tertiary/aromatic N) is 6. The Bertz CT molecular complexity index is 2460. The molecule has 1 aromatic heterocycles. The van der Waals surface area contributed by atoms with Crippen LogP contribution in [0, 0.1) is 29.6 Å². The number of aliphatic hydroxyl groups is 3. The number of anilines is 1. The lowest BCUT2D eigenvalue weighted by molar-refractivity contribution is -0.265. The van der Waals surface area contributed by atoms with Gasteiger partial charge in [-0.25, -0.2) is 19.6 Å². The van der Waals surface area contributed by atoms with Crippen LogP contribution in [0.2, 0.25) is 0 Å². The number of allylic oxidation sites excluding steroid dienone is 6. The summed E-state index contributed by atoms with van der Waals surface area (Å²) in [6.45, 7) is 14.0. The fourth-order valence-corrected chi connectivity index (χ4v) is 11.9. The first-order chi connectivity index (χ1) is 38.9. The van der Waals surface area contributed by atoms with Crippen molar-refractivity contribution in [2.45, 2.75) is 186 Å². The number of carbonyl (C=O) groups excluding carboxylic acids is 6. The molecule has 5 aliphatic rings. The van der Waals surface area contributed by atoms with Gasteiger partial charge < -0.3 is 64.3 Å². The highest BCUT2D eigenvalue weighted by atomic mass is 16.6. The van der Waals surface area contributed by atoms with Gasteiger partial charge in [0.05, 0.1) is 24.9 Å². The summed E-state index contributed by atoms with van der Waals surface area (Å²) < 4.78 is 30.2. The highest BCUT2D eigenvalue weighted by Crippen LogP contribution is 2.38. The van der Waals surface area contributed by atoms with Crippen molar-refractivity contribution in [3.63, 3.8) is 0 Å². The summed E-state index contributed by atoms with van der Waals surface area (Å²) in [5.41, 5.74) is 8.78. The van der Waals surface area contributed by atoms with Gasteiger partial charge in [0.15, 0.2) is 5.78 Å². The number of hydrogen-bond acceptors (Lipinski definition) is 19. The van der Waals surface area contributed by atoms with Crippen LogP contribution in [0.1, 0.15) is 124 Å². The van der Waals surface area contributed by atoms with Gasteiger partial charge in [-0.3, -0.25) is 19.2 Å². The number of nitrogens with two attached hydrogens (primary N) is 1. The van der Waals surface area contributed by atoms with Crippen LogP contribution in [0.4, 0.5) is 10.7 Å². The number of hydrogen-bond donors (Lipinski definition) is 4. The fraction of sp³-hybridized carbons (Fsp3) is 0.705. The smallest absolute Gasteiger partial charge is 0.410 e. The summed E-state index contributed by atoms with van der Waals surface area (Å²) in [5.74, 6) is -8.45. The van der Waals surface area contributed by atoms with Crippen molar-refractivity contribution in [2.75, 3.05) is 65.9 Å². The van der Waals surface area contributed by atoms with E-state index >= 15 is 0 Å². The predicted octanol–water partition coefficient (Wildman–Crippen LogP) is 5.04.